The van der Waals surface area contributed by atoms with Gasteiger partial charge in [0.15, 0.2) is 6.04 Å². The molecule has 5 nitrogen and oxygen atoms in total. The molecule has 1 fully saturated rings. The molecule has 21 heavy (non-hydrogen) atoms. The molecular formula is C13H17F3N2O3. The highest BCUT2D eigenvalue weighted by Crippen LogP contribution is 2.36. The van der Waals surface area contributed by atoms with Crippen LogP contribution in [0.4, 0.5) is 18.0 Å². The van der Waals surface area contributed by atoms with Gasteiger partial charge in [-0.2, -0.15) is 13.2 Å². The molecule has 1 heterocycles. The van der Waals surface area contributed by atoms with Crippen molar-refractivity contribution in [3.63, 3.8) is 0 Å². The summed E-state index contributed by atoms with van der Waals surface area (Å²) in [5.41, 5.74) is -0.881. The van der Waals surface area contributed by atoms with Gasteiger partial charge >= 0.3 is 12.1 Å². The van der Waals surface area contributed by atoms with Crippen LogP contribution in [0.2, 0.25) is 0 Å². The lowest BCUT2D eigenvalue weighted by Crippen LogP contribution is -2.70. The van der Waals surface area contributed by atoms with E-state index in [0.29, 0.717) is 0 Å². The number of likely N-dealkylation sites (tertiary alicyclic amines) is 1. The zero-order valence-electron chi connectivity index (χ0n) is 12.0. The Morgan fingerprint density at radius 3 is 2.14 bits per heavy atom. The van der Waals surface area contributed by atoms with Crippen LogP contribution < -0.4 is 10.4 Å². The largest absolute Gasteiger partial charge is 0.498 e. The number of alkyl halides is 3. The number of rotatable bonds is 1. The smallest absolute Gasteiger partial charge is 0.471 e. The number of carboxylic acid groups (broad SMARTS) is 1. The Bertz CT molecular complexity index is 490. The number of hydrogen-bond acceptors (Lipinski definition) is 3. The van der Waals surface area contributed by atoms with E-state index in [0.717, 1.165) is 0 Å². The van der Waals surface area contributed by atoms with Gasteiger partial charge in [-0.05, 0) is 26.7 Å². The van der Waals surface area contributed by atoms with Crippen LogP contribution in [0.3, 0.4) is 0 Å². The standard InChI is InChI=1S/C13H17F3N2O3/c1-5-9-6-8(17-10(19)13(14,15)16)7-18(9,11(20)21)12(2,3)4/h1,8-9H,6-7H2,2-4H3,(H-,17,19,20,21)/t8-,9-,18?/m0/s1. The number of nitrogens with zero attached hydrogens (tertiary/aromatic N) is 1. The van der Waals surface area contributed by atoms with Crippen molar-refractivity contribution < 1.29 is 32.3 Å². The lowest BCUT2D eigenvalue weighted by molar-refractivity contribution is -0.923. The predicted molar refractivity (Wildman–Crippen MR) is 65.5 cm³/mol. The van der Waals surface area contributed by atoms with Crippen LogP contribution in [0.5, 0.6) is 0 Å². The quantitative estimate of drug-likeness (QED) is 0.563. The maximum absolute atomic E-state index is 12.3. The van der Waals surface area contributed by atoms with Gasteiger partial charge in [0.1, 0.15) is 6.54 Å². The highest BCUT2D eigenvalue weighted by atomic mass is 19.4. The van der Waals surface area contributed by atoms with E-state index in [1.54, 1.807) is 26.1 Å². The molecule has 1 aliphatic heterocycles. The molecule has 0 aromatic carbocycles. The van der Waals surface area contributed by atoms with E-state index in [2.05, 4.69) is 5.92 Å². The summed E-state index contributed by atoms with van der Waals surface area (Å²) in [6.07, 6.45) is -1.21. The highest BCUT2D eigenvalue weighted by Gasteiger charge is 2.56. The predicted octanol–water partition coefficient (Wildman–Crippen LogP) is 0.398. The zero-order chi connectivity index (χ0) is 16.6. The Morgan fingerprint density at radius 2 is 1.86 bits per heavy atom. The summed E-state index contributed by atoms with van der Waals surface area (Å²) >= 11 is 0. The second kappa shape index (κ2) is 5.22. The molecule has 1 aliphatic rings. The Balaban J connectivity index is 3.08. The van der Waals surface area contributed by atoms with Gasteiger partial charge in [-0.3, -0.25) is 9.28 Å². The van der Waals surface area contributed by atoms with Crippen molar-refractivity contribution in [1.82, 2.24) is 5.32 Å². The van der Waals surface area contributed by atoms with Gasteiger partial charge in [-0.1, -0.05) is 0 Å². The van der Waals surface area contributed by atoms with Gasteiger partial charge in [0.25, 0.3) is 6.09 Å². The Kier molecular flexibility index (Phi) is 4.30. The van der Waals surface area contributed by atoms with Gasteiger partial charge < -0.3 is 15.2 Å². The normalized spacial score (nSPS) is 29.8. The third-order valence-corrected chi connectivity index (χ3v) is 3.86. The van der Waals surface area contributed by atoms with Crippen molar-refractivity contribution in [2.24, 2.45) is 0 Å². The van der Waals surface area contributed by atoms with Crippen molar-refractivity contribution in [2.75, 3.05) is 6.54 Å². The average molecular weight is 306 g/mol. The number of carbonyl (C=O) groups excluding carboxylic acids is 2. The van der Waals surface area contributed by atoms with E-state index in [4.69, 9.17) is 6.42 Å². The van der Waals surface area contributed by atoms with Crippen LogP contribution in [-0.2, 0) is 4.79 Å². The van der Waals surface area contributed by atoms with Crippen LogP contribution in [-0.4, -0.2) is 46.8 Å². The summed E-state index contributed by atoms with van der Waals surface area (Å²) in [5, 5.41) is 13.4. The topological polar surface area (TPSA) is 69.2 Å². The molecule has 0 saturated carbocycles. The lowest BCUT2D eigenvalue weighted by Gasteiger charge is -2.47. The summed E-state index contributed by atoms with van der Waals surface area (Å²) in [7, 11) is 0. The first-order chi connectivity index (χ1) is 9.36. The van der Waals surface area contributed by atoms with Crippen LogP contribution in [0.25, 0.3) is 0 Å². The van der Waals surface area contributed by atoms with Gasteiger partial charge in [0.05, 0.1) is 11.6 Å². The monoisotopic (exact) mass is 306 g/mol. The Hall–Kier alpha value is -1.75. The molecule has 0 spiro atoms. The van der Waals surface area contributed by atoms with Gasteiger partial charge in [0.2, 0.25) is 0 Å². The molecule has 0 aliphatic carbocycles. The minimum absolute atomic E-state index is 0.0520. The molecule has 0 aromatic rings. The molecule has 3 atom stereocenters. The van der Waals surface area contributed by atoms with Gasteiger partial charge in [-0.15, -0.1) is 6.42 Å². The molecule has 1 rings (SSSR count). The molecule has 8 heteroatoms. The summed E-state index contributed by atoms with van der Waals surface area (Å²) in [6, 6.07) is -1.84. The Morgan fingerprint density at radius 1 is 1.33 bits per heavy atom. The maximum Gasteiger partial charge on any atom is 0.471 e. The fourth-order valence-corrected chi connectivity index (χ4v) is 2.78. The van der Waals surface area contributed by atoms with Crippen molar-refractivity contribution in [2.45, 2.75) is 51.0 Å². The number of amides is 2. The molecule has 118 valence electrons. The zero-order valence-corrected chi connectivity index (χ0v) is 12.0. The molecular weight excluding hydrogens is 289 g/mol. The van der Waals surface area contributed by atoms with Crippen LogP contribution in [0, 0.1) is 12.3 Å². The minimum atomic E-state index is -5.02. The Labute approximate surface area is 120 Å². The number of quaternary nitrogens is 1. The molecule has 1 unspecified atom stereocenters. The summed E-state index contributed by atoms with van der Waals surface area (Å²) in [5.74, 6) is 0.202. The van der Waals surface area contributed by atoms with Gasteiger partial charge in [0, 0.05) is 6.42 Å². The number of carbonyl (C=O) groups is 2. The number of halogens is 3. The second-order valence-electron chi connectivity index (χ2n) is 6.07. The fourth-order valence-electron chi connectivity index (χ4n) is 2.78. The molecule has 0 radical (unpaired) electrons. The number of nitrogens with one attached hydrogen (secondary N) is 1. The van der Waals surface area contributed by atoms with Crippen molar-refractivity contribution in [3.05, 3.63) is 0 Å². The number of hydrogen-bond donors (Lipinski definition) is 1. The van der Waals surface area contributed by atoms with Crippen molar-refractivity contribution in [3.8, 4) is 12.3 Å². The number of terminal acetylenes is 1. The molecule has 1 saturated heterocycles. The second-order valence-corrected chi connectivity index (χ2v) is 6.07. The summed E-state index contributed by atoms with van der Waals surface area (Å²) in [6.45, 7) is 4.59. The third-order valence-electron chi connectivity index (χ3n) is 3.86. The molecule has 2 amide bonds. The van der Waals surface area contributed by atoms with E-state index >= 15 is 0 Å². The molecule has 0 aromatic heterocycles. The summed E-state index contributed by atoms with van der Waals surface area (Å²) < 4.78 is 36.2. The maximum atomic E-state index is 12.3. The van der Waals surface area contributed by atoms with E-state index in [9.17, 15) is 27.9 Å². The first-order valence-electron chi connectivity index (χ1n) is 6.29. The fraction of sp³-hybridized carbons (Fsp3) is 0.692. The highest BCUT2D eigenvalue weighted by molar-refractivity contribution is 5.82. The van der Waals surface area contributed by atoms with E-state index in [1.165, 1.54) is 0 Å². The first kappa shape index (κ1) is 17.3. The molecule has 1 N–H and O–H groups in total. The van der Waals surface area contributed by atoms with Crippen LogP contribution in [0.1, 0.15) is 27.2 Å². The summed E-state index contributed by atoms with van der Waals surface area (Å²) in [4.78, 5) is 22.6. The lowest BCUT2D eigenvalue weighted by atomic mass is 10.00. The third kappa shape index (κ3) is 2.97. The van der Waals surface area contributed by atoms with E-state index in [-0.39, 0.29) is 13.0 Å². The van der Waals surface area contributed by atoms with Crippen molar-refractivity contribution >= 4 is 12.0 Å². The SMILES string of the molecule is C#C[C@H]1C[C@H](NC(=O)C(F)(F)F)C[N+]1(C(=O)[O-])C(C)(C)C. The van der Waals surface area contributed by atoms with Gasteiger partial charge in [-0.25, -0.2) is 0 Å². The minimum Gasteiger partial charge on any atom is -0.498 e. The van der Waals surface area contributed by atoms with E-state index in [1.807, 2.05) is 0 Å². The molecule has 0 bridgehead atoms. The van der Waals surface area contributed by atoms with Crippen molar-refractivity contribution in [1.29, 1.82) is 0 Å². The average Bonchev–Trinajstić information content (AvgIpc) is 2.66. The first-order valence-corrected chi connectivity index (χ1v) is 6.29. The van der Waals surface area contributed by atoms with E-state index < -0.39 is 40.3 Å². The van der Waals surface area contributed by atoms with Crippen LogP contribution >= 0.6 is 0 Å². The van der Waals surface area contributed by atoms with Crippen LogP contribution in [0.15, 0.2) is 0 Å².